The first-order chi connectivity index (χ1) is 9.06. The Labute approximate surface area is 116 Å². The van der Waals surface area contributed by atoms with Crippen LogP contribution in [0.25, 0.3) is 0 Å². The van der Waals surface area contributed by atoms with Crippen LogP contribution in [0, 0.1) is 0 Å². The van der Waals surface area contributed by atoms with Gasteiger partial charge in [0, 0.05) is 24.7 Å². The first kappa shape index (κ1) is 17.4. The minimum absolute atomic E-state index is 0.107. The second-order valence-electron chi connectivity index (χ2n) is 3.99. The molecule has 0 aromatic heterocycles. The number of aromatic hydroxyl groups is 1. The van der Waals surface area contributed by atoms with Gasteiger partial charge in [0.15, 0.2) is 0 Å². The molecule has 0 aliphatic carbocycles. The Morgan fingerprint density at radius 3 is 2.32 bits per heavy atom. The number of phenols is 1. The number of nitrogens with zero attached hydrogens (tertiary/aromatic N) is 1. The summed E-state index contributed by atoms with van der Waals surface area (Å²) in [5.74, 6) is 0.162. The molecule has 0 saturated heterocycles. The number of anilines is 1. The summed E-state index contributed by atoms with van der Waals surface area (Å²) in [4.78, 5) is 13.2. The second kappa shape index (κ2) is 9.39. The summed E-state index contributed by atoms with van der Waals surface area (Å²) in [6.07, 6.45) is 0. The van der Waals surface area contributed by atoms with Crippen LogP contribution in [0.15, 0.2) is 18.2 Å². The molecule has 108 valence electrons. The molecule has 0 bridgehead atoms. The molecule has 0 heterocycles. The Morgan fingerprint density at radius 1 is 1.26 bits per heavy atom. The van der Waals surface area contributed by atoms with Crippen molar-refractivity contribution in [3.05, 3.63) is 23.8 Å². The van der Waals surface area contributed by atoms with E-state index in [1.165, 1.54) is 6.92 Å². The van der Waals surface area contributed by atoms with Crippen molar-refractivity contribution >= 4 is 11.6 Å². The first-order valence-electron chi connectivity index (χ1n) is 6.88. The van der Waals surface area contributed by atoms with Crippen LogP contribution in [0.2, 0.25) is 0 Å². The van der Waals surface area contributed by atoms with Crippen molar-refractivity contribution in [2.75, 3.05) is 18.4 Å². The summed E-state index contributed by atoms with van der Waals surface area (Å²) in [5, 5.41) is 12.5. The number of benzene rings is 1. The lowest BCUT2D eigenvalue weighted by Crippen LogP contribution is -2.22. The van der Waals surface area contributed by atoms with E-state index in [4.69, 9.17) is 0 Å². The summed E-state index contributed by atoms with van der Waals surface area (Å²) >= 11 is 0. The molecule has 0 aliphatic heterocycles. The van der Waals surface area contributed by atoms with Crippen LogP contribution < -0.4 is 5.32 Å². The molecule has 0 saturated carbocycles. The maximum atomic E-state index is 11.0. The van der Waals surface area contributed by atoms with Gasteiger partial charge in [0.2, 0.25) is 5.91 Å². The summed E-state index contributed by atoms with van der Waals surface area (Å²) < 4.78 is 0. The number of hydrogen-bond acceptors (Lipinski definition) is 3. The van der Waals surface area contributed by atoms with Gasteiger partial charge in [-0.25, -0.2) is 0 Å². The van der Waals surface area contributed by atoms with Gasteiger partial charge in [-0.3, -0.25) is 9.69 Å². The highest BCUT2D eigenvalue weighted by atomic mass is 16.3. The fourth-order valence-electron chi connectivity index (χ4n) is 1.68. The van der Waals surface area contributed by atoms with Crippen LogP contribution in [0.1, 0.15) is 40.2 Å². The van der Waals surface area contributed by atoms with Crippen LogP contribution in [0.5, 0.6) is 5.75 Å². The van der Waals surface area contributed by atoms with Crippen molar-refractivity contribution in [2.24, 2.45) is 0 Å². The molecule has 1 rings (SSSR count). The number of phenolic OH excluding ortho intramolecular Hbond substituents is 1. The Morgan fingerprint density at radius 2 is 1.84 bits per heavy atom. The minimum Gasteiger partial charge on any atom is -0.508 e. The molecular weight excluding hydrogens is 240 g/mol. The van der Waals surface area contributed by atoms with Crippen molar-refractivity contribution in [3.8, 4) is 5.75 Å². The van der Waals surface area contributed by atoms with Crippen molar-refractivity contribution in [1.82, 2.24) is 4.90 Å². The van der Waals surface area contributed by atoms with Gasteiger partial charge in [0.1, 0.15) is 5.75 Å². The molecule has 19 heavy (non-hydrogen) atoms. The topological polar surface area (TPSA) is 52.6 Å². The minimum atomic E-state index is -0.107. The summed E-state index contributed by atoms with van der Waals surface area (Å²) in [6, 6.07) is 5.13. The third-order valence-electron chi connectivity index (χ3n) is 2.69. The molecule has 0 unspecified atom stereocenters. The highest BCUT2D eigenvalue weighted by Gasteiger charge is 2.07. The zero-order valence-electron chi connectivity index (χ0n) is 12.7. The smallest absolute Gasteiger partial charge is 0.221 e. The fraction of sp³-hybridized carbons (Fsp3) is 0.533. The largest absolute Gasteiger partial charge is 0.508 e. The molecule has 0 fully saturated rings. The highest BCUT2D eigenvalue weighted by molar-refractivity contribution is 5.88. The average Bonchev–Trinajstić information content (AvgIpc) is 2.41. The van der Waals surface area contributed by atoms with Crippen LogP contribution in [-0.4, -0.2) is 29.0 Å². The van der Waals surface area contributed by atoms with E-state index in [0.717, 1.165) is 24.3 Å². The molecule has 0 aliphatic rings. The molecule has 4 nitrogen and oxygen atoms in total. The van der Waals surface area contributed by atoms with Crippen LogP contribution in [0.4, 0.5) is 5.69 Å². The standard InChI is InChI=1S/C13H20N2O2.C2H6/c1-4-15(5-2)9-11-8-12(14-10(3)16)6-7-13(11)17;1-2/h6-8,17H,4-5,9H2,1-3H3,(H,14,16);1-2H3. The van der Waals surface area contributed by atoms with Crippen molar-refractivity contribution in [3.63, 3.8) is 0 Å². The lowest BCUT2D eigenvalue weighted by Gasteiger charge is -2.19. The predicted octanol–water partition coefficient (Wildman–Crippen LogP) is 3.22. The van der Waals surface area contributed by atoms with E-state index >= 15 is 0 Å². The SMILES string of the molecule is CC.CCN(CC)Cc1cc(NC(C)=O)ccc1O. The van der Waals surface area contributed by atoms with Crippen LogP contribution in [-0.2, 0) is 11.3 Å². The van der Waals surface area contributed by atoms with Gasteiger partial charge in [-0.2, -0.15) is 0 Å². The van der Waals surface area contributed by atoms with Gasteiger partial charge in [-0.15, -0.1) is 0 Å². The third-order valence-corrected chi connectivity index (χ3v) is 2.69. The monoisotopic (exact) mass is 266 g/mol. The van der Waals surface area contributed by atoms with E-state index in [1.807, 2.05) is 19.9 Å². The van der Waals surface area contributed by atoms with E-state index in [0.29, 0.717) is 6.54 Å². The molecular formula is C15H26N2O2. The van der Waals surface area contributed by atoms with Gasteiger partial charge in [0.25, 0.3) is 0 Å². The Bertz CT molecular complexity index is 388. The molecule has 1 aromatic carbocycles. The lowest BCUT2D eigenvalue weighted by molar-refractivity contribution is -0.114. The summed E-state index contributed by atoms with van der Waals surface area (Å²) in [5.41, 5.74) is 1.55. The molecule has 1 amide bonds. The van der Waals surface area contributed by atoms with Crippen molar-refractivity contribution in [2.45, 2.75) is 41.2 Å². The van der Waals surface area contributed by atoms with Gasteiger partial charge >= 0.3 is 0 Å². The molecule has 0 atom stereocenters. The van der Waals surface area contributed by atoms with Gasteiger partial charge in [-0.05, 0) is 31.3 Å². The number of amides is 1. The lowest BCUT2D eigenvalue weighted by atomic mass is 10.1. The van der Waals surface area contributed by atoms with Gasteiger partial charge < -0.3 is 10.4 Å². The Hall–Kier alpha value is -1.55. The Kier molecular flexibility index (Phi) is 8.62. The van der Waals surface area contributed by atoms with Gasteiger partial charge in [-0.1, -0.05) is 27.7 Å². The summed E-state index contributed by atoms with van der Waals surface area (Å²) in [6.45, 7) is 12.2. The average molecular weight is 266 g/mol. The van der Waals surface area contributed by atoms with Crippen molar-refractivity contribution < 1.29 is 9.90 Å². The Balaban J connectivity index is 0.00000154. The van der Waals surface area contributed by atoms with Crippen molar-refractivity contribution in [1.29, 1.82) is 0 Å². The van der Waals surface area contributed by atoms with Gasteiger partial charge in [0.05, 0.1) is 0 Å². The normalized spacial score (nSPS) is 9.79. The molecule has 1 aromatic rings. The number of nitrogens with one attached hydrogen (secondary N) is 1. The third kappa shape index (κ3) is 6.25. The van der Waals surface area contributed by atoms with Crippen LogP contribution in [0.3, 0.4) is 0 Å². The number of rotatable bonds is 5. The first-order valence-corrected chi connectivity index (χ1v) is 6.88. The summed E-state index contributed by atoms with van der Waals surface area (Å²) in [7, 11) is 0. The van der Waals surface area contributed by atoms with E-state index in [1.54, 1.807) is 12.1 Å². The number of carbonyl (C=O) groups is 1. The fourth-order valence-corrected chi connectivity index (χ4v) is 1.68. The van der Waals surface area contributed by atoms with E-state index in [9.17, 15) is 9.90 Å². The maximum absolute atomic E-state index is 11.0. The number of hydrogen-bond donors (Lipinski definition) is 2. The van der Waals surface area contributed by atoms with E-state index < -0.39 is 0 Å². The van der Waals surface area contributed by atoms with Crippen LogP contribution >= 0.6 is 0 Å². The second-order valence-corrected chi connectivity index (χ2v) is 3.99. The molecule has 2 N–H and O–H groups in total. The van der Waals surface area contributed by atoms with E-state index in [2.05, 4.69) is 24.1 Å². The quantitative estimate of drug-likeness (QED) is 0.805. The maximum Gasteiger partial charge on any atom is 0.221 e. The zero-order chi connectivity index (χ0) is 14.8. The predicted molar refractivity (Wildman–Crippen MR) is 80.4 cm³/mol. The molecule has 4 heteroatoms. The molecule has 0 radical (unpaired) electrons. The highest BCUT2D eigenvalue weighted by Crippen LogP contribution is 2.22. The zero-order valence-corrected chi connectivity index (χ0v) is 12.7. The van der Waals surface area contributed by atoms with E-state index in [-0.39, 0.29) is 11.7 Å². The number of carbonyl (C=O) groups excluding carboxylic acids is 1. The molecule has 0 spiro atoms.